The molecule has 1 unspecified atom stereocenters. The smallest absolute Gasteiger partial charge is 0.407 e. The number of nitrogens with one attached hydrogen (secondary N) is 1. The summed E-state index contributed by atoms with van der Waals surface area (Å²) in [5.74, 6) is 0. The number of rotatable bonds is 1. The first-order valence-electron chi connectivity index (χ1n) is 3.96. The van der Waals surface area contributed by atoms with Gasteiger partial charge in [0.1, 0.15) is 0 Å². The van der Waals surface area contributed by atoms with Gasteiger partial charge in [0.05, 0.1) is 0 Å². The fourth-order valence-electron chi connectivity index (χ4n) is 1.38. The van der Waals surface area contributed by atoms with E-state index in [1.807, 2.05) is 6.92 Å². The van der Waals surface area contributed by atoms with Gasteiger partial charge in [0.2, 0.25) is 0 Å². The van der Waals surface area contributed by atoms with E-state index < -0.39 is 6.09 Å². The van der Waals surface area contributed by atoms with Crippen LogP contribution in [0.15, 0.2) is 0 Å². The Morgan fingerprint density at radius 2 is 2.55 bits per heavy atom. The lowest BCUT2D eigenvalue weighted by atomic mass is 10.1. The molecule has 1 rings (SSSR count). The van der Waals surface area contributed by atoms with Crippen LogP contribution < -0.4 is 5.32 Å². The number of piperazine rings is 1. The van der Waals surface area contributed by atoms with Crippen LogP contribution >= 0.6 is 0 Å². The predicted molar refractivity (Wildman–Crippen MR) is 41.7 cm³/mol. The van der Waals surface area contributed by atoms with Gasteiger partial charge in [-0.15, -0.1) is 0 Å². The maximum atomic E-state index is 10.6. The maximum Gasteiger partial charge on any atom is 0.407 e. The summed E-state index contributed by atoms with van der Waals surface area (Å²) in [6.07, 6.45) is 0.0950. The zero-order valence-electron chi connectivity index (χ0n) is 6.71. The van der Waals surface area contributed by atoms with Crippen LogP contribution in [-0.2, 0) is 0 Å². The summed E-state index contributed by atoms with van der Waals surface area (Å²) in [4.78, 5) is 12.1. The molecule has 0 radical (unpaired) electrons. The Morgan fingerprint density at radius 1 is 1.82 bits per heavy atom. The SMILES string of the molecule is CCC1CNCCN1C(=O)O. The van der Waals surface area contributed by atoms with Crippen LogP contribution in [0.3, 0.4) is 0 Å². The van der Waals surface area contributed by atoms with Gasteiger partial charge in [-0.3, -0.25) is 0 Å². The zero-order valence-corrected chi connectivity index (χ0v) is 6.71. The largest absolute Gasteiger partial charge is 0.465 e. The quantitative estimate of drug-likeness (QED) is 0.579. The minimum absolute atomic E-state index is 0.168. The molecule has 0 aromatic rings. The molecule has 1 aliphatic heterocycles. The molecule has 2 N–H and O–H groups in total. The Kier molecular flexibility index (Phi) is 2.70. The van der Waals surface area contributed by atoms with Crippen LogP contribution in [0, 0.1) is 0 Å². The van der Waals surface area contributed by atoms with Gasteiger partial charge in [-0.25, -0.2) is 4.79 Å². The van der Waals surface area contributed by atoms with Crippen LogP contribution in [0.2, 0.25) is 0 Å². The number of hydrogen-bond acceptors (Lipinski definition) is 2. The van der Waals surface area contributed by atoms with Crippen LogP contribution in [0.1, 0.15) is 13.3 Å². The summed E-state index contributed by atoms with van der Waals surface area (Å²) < 4.78 is 0. The van der Waals surface area contributed by atoms with E-state index in [0.717, 1.165) is 19.5 Å². The Labute approximate surface area is 66.2 Å². The molecule has 1 saturated heterocycles. The highest BCUT2D eigenvalue weighted by molar-refractivity contribution is 5.65. The lowest BCUT2D eigenvalue weighted by Gasteiger charge is -2.33. The van der Waals surface area contributed by atoms with Crippen molar-refractivity contribution in [2.24, 2.45) is 0 Å². The summed E-state index contributed by atoms with van der Waals surface area (Å²) >= 11 is 0. The maximum absolute atomic E-state index is 10.6. The molecule has 0 bridgehead atoms. The molecule has 1 amide bonds. The van der Waals surface area contributed by atoms with E-state index in [1.54, 1.807) is 0 Å². The van der Waals surface area contributed by atoms with Crippen molar-refractivity contribution in [3.8, 4) is 0 Å². The average Bonchev–Trinajstić information content (AvgIpc) is 2.04. The first kappa shape index (κ1) is 8.33. The van der Waals surface area contributed by atoms with Gasteiger partial charge in [-0.2, -0.15) is 0 Å². The third kappa shape index (κ3) is 1.83. The molecule has 0 aromatic heterocycles. The molecule has 0 spiro atoms. The number of nitrogens with zero attached hydrogens (tertiary/aromatic N) is 1. The Balaban J connectivity index is 2.51. The molecule has 4 nitrogen and oxygen atoms in total. The second-order valence-corrected chi connectivity index (χ2v) is 2.74. The zero-order chi connectivity index (χ0) is 8.27. The highest BCUT2D eigenvalue weighted by Crippen LogP contribution is 2.06. The van der Waals surface area contributed by atoms with E-state index >= 15 is 0 Å². The fourth-order valence-corrected chi connectivity index (χ4v) is 1.38. The summed E-state index contributed by atoms with van der Waals surface area (Å²) in [6, 6.07) is 0.168. The Hall–Kier alpha value is -0.770. The van der Waals surface area contributed by atoms with Crippen molar-refractivity contribution in [2.45, 2.75) is 19.4 Å². The summed E-state index contributed by atoms with van der Waals surface area (Å²) in [6.45, 7) is 4.20. The molecule has 0 aromatic carbocycles. The molecule has 1 aliphatic rings. The standard InChI is InChI=1S/C7H14N2O2/c1-2-6-5-8-3-4-9(6)7(10)11/h6,8H,2-5H2,1H3,(H,10,11). The molecule has 11 heavy (non-hydrogen) atoms. The minimum Gasteiger partial charge on any atom is -0.465 e. The van der Waals surface area contributed by atoms with Gasteiger partial charge in [0.15, 0.2) is 0 Å². The third-order valence-corrected chi connectivity index (χ3v) is 2.07. The molecule has 1 heterocycles. The van der Waals surface area contributed by atoms with Crippen molar-refractivity contribution < 1.29 is 9.90 Å². The third-order valence-electron chi connectivity index (χ3n) is 2.07. The van der Waals surface area contributed by atoms with E-state index in [4.69, 9.17) is 5.11 Å². The summed E-state index contributed by atoms with van der Waals surface area (Å²) in [7, 11) is 0. The van der Waals surface area contributed by atoms with Crippen molar-refractivity contribution in [1.82, 2.24) is 10.2 Å². The lowest BCUT2D eigenvalue weighted by Crippen LogP contribution is -2.52. The second kappa shape index (κ2) is 3.57. The number of amides is 1. The molecular formula is C7H14N2O2. The van der Waals surface area contributed by atoms with Crippen LogP contribution in [0.25, 0.3) is 0 Å². The Morgan fingerprint density at radius 3 is 3.00 bits per heavy atom. The monoisotopic (exact) mass is 158 g/mol. The van der Waals surface area contributed by atoms with E-state index in [0.29, 0.717) is 6.54 Å². The average molecular weight is 158 g/mol. The van der Waals surface area contributed by atoms with Crippen molar-refractivity contribution in [1.29, 1.82) is 0 Å². The second-order valence-electron chi connectivity index (χ2n) is 2.74. The summed E-state index contributed by atoms with van der Waals surface area (Å²) in [5.41, 5.74) is 0. The molecule has 4 heteroatoms. The molecule has 0 saturated carbocycles. The molecule has 1 atom stereocenters. The molecular weight excluding hydrogens is 144 g/mol. The summed E-state index contributed by atoms with van der Waals surface area (Å²) in [5, 5.41) is 11.9. The lowest BCUT2D eigenvalue weighted by molar-refractivity contribution is 0.111. The highest BCUT2D eigenvalue weighted by atomic mass is 16.4. The predicted octanol–water partition coefficient (Wildman–Crippen LogP) is 0.348. The van der Waals surface area contributed by atoms with Gasteiger partial charge in [-0.1, -0.05) is 6.92 Å². The first-order chi connectivity index (χ1) is 5.25. The van der Waals surface area contributed by atoms with Gasteiger partial charge >= 0.3 is 6.09 Å². The van der Waals surface area contributed by atoms with Crippen molar-refractivity contribution in [2.75, 3.05) is 19.6 Å². The molecule has 1 fully saturated rings. The van der Waals surface area contributed by atoms with Crippen LogP contribution in [-0.4, -0.2) is 41.8 Å². The van der Waals surface area contributed by atoms with Crippen LogP contribution in [0.5, 0.6) is 0 Å². The van der Waals surface area contributed by atoms with Gasteiger partial charge in [-0.05, 0) is 6.42 Å². The van der Waals surface area contributed by atoms with Crippen molar-refractivity contribution in [3.63, 3.8) is 0 Å². The highest BCUT2D eigenvalue weighted by Gasteiger charge is 2.23. The van der Waals surface area contributed by atoms with E-state index in [-0.39, 0.29) is 6.04 Å². The normalized spacial score (nSPS) is 25.2. The topological polar surface area (TPSA) is 52.6 Å². The van der Waals surface area contributed by atoms with Crippen LogP contribution in [0.4, 0.5) is 4.79 Å². The van der Waals surface area contributed by atoms with Crippen molar-refractivity contribution >= 4 is 6.09 Å². The number of carbonyl (C=O) groups is 1. The van der Waals surface area contributed by atoms with Crippen molar-refractivity contribution in [3.05, 3.63) is 0 Å². The first-order valence-corrected chi connectivity index (χ1v) is 3.96. The van der Waals surface area contributed by atoms with Gasteiger partial charge < -0.3 is 15.3 Å². The fraction of sp³-hybridized carbons (Fsp3) is 0.857. The van der Waals surface area contributed by atoms with E-state index in [9.17, 15) is 4.79 Å². The number of carboxylic acid groups (broad SMARTS) is 1. The number of hydrogen-bond donors (Lipinski definition) is 2. The molecule has 0 aliphatic carbocycles. The van der Waals surface area contributed by atoms with E-state index in [2.05, 4.69) is 5.32 Å². The molecule has 64 valence electrons. The minimum atomic E-state index is -0.793. The van der Waals surface area contributed by atoms with Gasteiger partial charge in [0.25, 0.3) is 0 Å². The Bertz CT molecular complexity index is 149. The van der Waals surface area contributed by atoms with Gasteiger partial charge in [0, 0.05) is 25.7 Å². The van der Waals surface area contributed by atoms with E-state index in [1.165, 1.54) is 4.90 Å².